The summed E-state index contributed by atoms with van der Waals surface area (Å²) >= 11 is 0. The molecule has 4 aliphatic carbocycles. The van der Waals surface area contributed by atoms with E-state index in [0.717, 1.165) is 19.3 Å². The summed E-state index contributed by atoms with van der Waals surface area (Å²) in [5.74, 6) is 1.93. The maximum absolute atomic E-state index is 13.2. The van der Waals surface area contributed by atoms with Crippen molar-refractivity contribution in [2.45, 2.75) is 55.8 Å². The normalized spacial score (nSPS) is 40.2. The van der Waals surface area contributed by atoms with Crippen molar-refractivity contribution in [3.05, 3.63) is 0 Å². The van der Waals surface area contributed by atoms with Crippen molar-refractivity contribution in [2.24, 2.45) is 17.8 Å². The van der Waals surface area contributed by atoms with Crippen molar-refractivity contribution in [1.82, 2.24) is 0 Å². The van der Waals surface area contributed by atoms with E-state index < -0.39 is 21.8 Å². The SMILES string of the molecule is O=S(=O)(O)C(F)(F)CCOC12CC3CC(CC(C3)C1)C2. The van der Waals surface area contributed by atoms with Crippen LogP contribution in [0.2, 0.25) is 0 Å². The molecular formula is C13H20F2O4S. The molecule has 4 bridgehead atoms. The van der Waals surface area contributed by atoms with Crippen LogP contribution in [0.3, 0.4) is 0 Å². The Kier molecular flexibility index (Phi) is 3.38. The summed E-state index contributed by atoms with van der Waals surface area (Å²) in [4.78, 5) is 0. The summed E-state index contributed by atoms with van der Waals surface area (Å²) in [6.07, 6.45) is 5.44. The highest BCUT2D eigenvalue weighted by molar-refractivity contribution is 7.86. The van der Waals surface area contributed by atoms with Crippen LogP contribution >= 0.6 is 0 Å². The predicted octanol–water partition coefficient (Wildman–Crippen LogP) is 2.84. The van der Waals surface area contributed by atoms with E-state index in [4.69, 9.17) is 9.29 Å². The molecule has 116 valence electrons. The van der Waals surface area contributed by atoms with Gasteiger partial charge in [-0.1, -0.05) is 0 Å². The lowest BCUT2D eigenvalue weighted by atomic mass is 9.54. The third-order valence-electron chi connectivity index (χ3n) is 5.16. The first kappa shape index (κ1) is 14.7. The fraction of sp³-hybridized carbons (Fsp3) is 1.00. The number of hydrogen-bond acceptors (Lipinski definition) is 3. The fourth-order valence-corrected chi connectivity index (χ4v) is 5.06. The number of alkyl halides is 2. The topological polar surface area (TPSA) is 63.6 Å². The van der Waals surface area contributed by atoms with Crippen LogP contribution in [0.4, 0.5) is 8.78 Å². The minimum absolute atomic E-state index is 0.315. The molecule has 0 saturated heterocycles. The first-order valence-corrected chi connectivity index (χ1v) is 8.62. The third kappa shape index (κ3) is 2.60. The minimum Gasteiger partial charge on any atom is -0.375 e. The molecule has 0 radical (unpaired) electrons. The molecule has 4 nitrogen and oxygen atoms in total. The van der Waals surface area contributed by atoms with E-state index in [-0.39, 0.29) is 12.2 Å². The number of hydrogen-bond donors (Lipinski definition) is 1. The molecule has 0 aromatic heterocycles. The molecule has 0 spiro atoms. The second kappa shape index (κ2) is 4.61. The van der Waals surface area contributed by atoms with Gasteiger partial charge in [0.05, 0.1) is 18.6 Å². The number of halogens is 2. The van der Waals surface area contributed by atoms with Gasteiger partial charge in [0.1, 0.15) is 0 Å². The van der Waals surface area contributed by atoms with Crippen LogP contribution < -0.4 is 0 Å². The van der Waals surface area contributed by atoms with E-state index in [2.05, 4.69) is 0 Å². The third-order valence-corrected chi connectivity index (χ3v) is 6.12. The molecule has 4 fully saturated rings. The van der Waals surface area contributed by atoms with Crippen LogP contribution in [0.1, 0.15) is 44.9 Å². The van der Waals surface area contributed by atoms with Crippen molar-refractivity contribution in [3.8, 4) is 0 Å². The molecule has 20 heavy (non-hydrogen) atoms. The Hall–Kier alpha value is -0.270. The number of ether oxygens (including phenoxy) is 1. The zero-order chi connectivity index (χ0) is 14.6. The lowest BCUT2D eigenvalue weighted by molar-refractivity contribution is -0.167. The van der Waals surface area contributed by atoms with Crippen molar-refractivity contribution in [3.63, 3.8) is 0 Å². The molecule has 7 heteroatoms. The molecule has 0 unspecified atom stereocenters. The maximum Gasteiger partial charge on any atom is 0.372 e. The summed E-state index contributed by atoms with van der Waals surface area (Å²) in [7, 11) is -5.34. The summed E-state index contributed by atoms with van der Waals surface area (Å²) in [5.41, 5.74) is -0.315. The molecule has 4 aliphatic rings. The summed E-state index contributed by atoms with van der Waals surface area (Å²) in [6, 6.07) is 0. The monoisotopic (exact) mass is 310 g/mol. The Balaban J connectivity index is 1.59. The van der Waals surface area contributed by atoms with E-state index in [1.165, 1.54) is 19.3 Å². The van der Waals surface area contributed by atoms with Crippen molar-refractivity contribution in [2.75, 3.05) is 6.61 Å². The summed E-state index contributed by atoms with van der Waals surface area (Å²) in [5, 5.41) is -4.12. The van der Waals surface area contributed by atoms with Gasteiger partial charge in [-0.05, 0) is 56.3 Å². The van der Waals surface area contributed by atoms with Crippen LogP contribution in [-0.2, 0) is 14.9 Å². The van der Waals surface area contributed by atoms with Crippen LogP contribution in [0.15, 0.2) is 0 Å². The van der Waals surface area contributed by atoms with Crippen molar-refractivity contribution >= 4 is 10.1 Å². The van der Waals surface area contributed by atoms with Gasteiger partial charge in [0.25, 0.3) is 0 Å². The first-order chi connectivity index (χ1) is 9.19. The second-order valence-electron chi connectivity index (χ2n) is 6.81. The molecule has 0 aromatic rings. The van der Waals surface area contributed by atoms with Crippen LogP contribution in [0.5, 0.6) is 0 Å². The molecule has 0 aromatic carbocycles. The highest BCUT2D eigenvalue weighted by Gasteiger charge is 2.52. The molecular weight excluding hydrogens is 290 g/mol. The van der Waals surface area contributed by atoms with E-state index in [0.29, 0.717) is 17.8 Å². The van der Waals surface area contributed by atoms with Gasteiger partial charge in [0.2, 0.25) is 0 Å². The van der Waals surface area contributed by atoms with E-state index >= 15 is 0 Å². The maximum atomic E-state index is 13.2. The minimum atomic E-state index is -5.34. The summed E-state index contributed by atoms with van der Waals surface area (Å²) in [6.45, 7) is -0.320. The van der Waals surface area contributed by atoms with Gasteiger partial charge in [-0.25, -0.2) is 0 Å². The average molecular weight is 310 g/mol. The van der Waals surface area contributed by atoms with Crippen molar-refractivity contribution < 1.29 is 26.5 Å². The van der Waals surface area contributed by atoms with Gasteiger partial charge in [0, 0.05) is 0 Å². The first-order valence-electron chi connectivity index (χ1n) is 7.18. The molecule has 0 amide bonds. The number of rotatable bonds is 5. The highest BCUT2D eigenvalue weighted by atomic mass is 32.2. The van der Waals surface area contributed by atoms with Crippen LogP contribution in [-0.4, -0.2) is 30.4 Å². The standard InChI is InChI=1S/C13H20F2O4S/c14-13(15,20(16,17)18)1-2-19-12-6-9-3-10(7-12)5-11(4-9)8-12/h9-11H,1-8H2,(H,16,17,18). The molecule has 0 aliphatic heterocycles. The molecule has 0 heterocycles. The predicted molar refractivity (Wildman–Crippen MR) is 68.0 cm³/mol. The smallest absolute Gasteiger partial charge is 0.372 e. The Labute approximate surface area is 117 Å². The highest BCUT2D eigenvalue weighted by Crippen LogP contribution is 2.57. The van der Waals surface area contributed by atoms with Gasteiger partial charge < -0.3 is 4.74 Å². The zero-order valence-electron chi connectivity index (χ0n) is 11.2. The van der Waals surface area contributed by atoms with E-state index in [9.17, 15) is 17.2 Å². The molecule has 0 atom stereocenters. The largest absolute Gasteiger partial charge is 0.375 e. The Morgan fingerprint density at radius 1 is 1.10 bits per heavy atom. The molecule has 4 rings (SSSR count). The Morgan fingerprint density at radius 3 is 1.95 bits per heavy atom. The fourth-order valence-electron chi connectivity index (χ4n) is 4.72. The quantitative estimate of drug-likeness (QED) is 0.793. The average Bonchev–Trinajstić information content (AvgIpc) is 2.24. The van der Waals surface area contributed by atoms with E-state index in [1.807, 2.05) is 0 Å². The Bertz CT molecular complexity index is 453. The van der Waals surface area contributed by atoms with Gasteiger partial charge in [-0.2, -0.15) is 17.2 Å². The van der Waals surface area contributed by atoms with Gasteiger partial charge >= 0.3 is 15.4 Å². The van der Waals surface area contributed by atoms with Crippen LogP contribution in [0.25, 0.3) is 0 Å². The van der Waals surface area contributed by atoms with Crippen molar-refractivity contribution in [1.29, 1.82) is 0 Å². The lowest BCUT2D eigenvalue weighted by Crippen LogP contribution is -2.52. The second-order valence-corrected chi connectivity index (χ2v) is 8.36. The lowest BCUT2D eigenvalue weighted by Gasteiger charge is -2.56. The van der Waals surface area contributed by atoms with Crippen LogP contribution in [0, 0.1) is 17.8 Å². The van der Waals surface area contributed by atoms with Gasteiger partial charge in [-0.15, -0.1) is 0 Å². The Morgan fingerprint density at radius 2 is 1.55 bits per heavy atom. The van der Waals surface area contributed by atoms with Gasteiger partial charge in [0.15, 0.2) is 0 Å². The molecule has 1 N–H and O–H groups in total. The molecule has 4 saturated carbocycles. The summed E-state index contributed by atoms with van der Waals surface area (Å²) < 4.78 is 61.6. The van der Waals surface area contributed by atoms with Gasteiger partial charge in [-0.3, -0.25) is 4.55 Å². The zero-order valence-corrected chi connectivity index (χ0v) is 12.0. The van der Waals surface area contributed by atoms with E-state index in [1.54, 1.807) is 0 Å².